The summed E-state index contributed by atoms with van der Waals surface area (Å²) in [7, 11) is 0. The van der Waals surface area contributed by atoms with Gasteiger partial charge in [-0.1, -0.05) is 71.7 Å². The van der Waals surface area contributed by atoms with E-state index < -0.39 is 11.5 Å². The zero-order chi connectivity index (χ0) is 56.2. The van der Waals surface area contributed by atoms with E-state index in [1.807, 2.05) is 140 Å². The molecule has 0 aliphatic carbocycles. The maximum atomic E-state index is 9.88. The maximum Gasteiger partial charge on any atom is 0.180 e. The smallest absolute Gasteiger partial charge is 0.180 e. The number of hydrogen-bond acceptors (Lipinski definition) is 21. The number of aromatic hydroxyl groups is 2. The van der Waals surface area contributed by atoms with E-state index >= 15 is 0 Å². The molecule has 3 heterocycles. The number of phenols is 2. The minimum Gasteiger partial charge on any atom is -0.504 e. The van der Waals surface area contributed by atoms with Crippen LogP contribution in [0.2, 0.25) is 0 Å². The molecular formula is C57H45N9O6S6. The summed E-state index contributed by atoms with van der Waals surface area (Å²) < 4.78 is 28.8. The van der Waals surface area contributed by atoms with Crippen molar-refractivity contribution in [1.29, 1.82) is 31.6 Å². The topological polar surface area (TPSA) is 259 Å². The van der Waals surface area contributed by atoms with Crippen molar-refractivity contribution < 1.29 is 29.2 Å². The number of phenolic OH excluding ortho intramolecular Hbond substituents is 2. The van der Waals surface area contributed by atoms with Crippen LogP contribution in [-0.4, -0.2) is 49.6 Å². The monoisotopic (exact) mass is 1140 g/mol. The molecule has 21 heteroatoms. The number of rotatable bonds is 14. The van der Waals surface area contributed by atoms with Crippen molar-refractivity contribution in [3.05, 3.63) is 124 Å². The molecule has 2 N–H and O–H groups in total. The molecule has 0 saturated heterocycles. The predicted molar refractivity (Wildman–Crippen MR) is 305 cm³/mol. The highest BCUT2D eigenvalue weighted by Crippen LogP contribution is 2.47. The van der Waals surface area contributed by atoms with Gasteiger partial charge in [-0.25, -0.2) is 15.0 Å². The highest BCUT2D eigenvalue weighted by atomic mass is 32.2. The fourth-order valence-corrected chi connectivity index (χ4v) is 13.6. The van der Waals surface area contributed by atoms with Crippen LogP contribution in [0.15, 0.2) is 119 Å². The Balaban J connectivity index is 0.000000171. The average Bonchev–Trinajstić information content (AvgIpc) is 4.15. The van der Waals surface area contributed by atoms with E-state index in [9.17, 15) is 41.8 Å². The van der Waals surface area contributed by atoms with Crippen molar-refractivity contribution in [3.63, 3.8) is 0 Å². The molecule has 0 bridgehead atoms. The largest absolute Gasteiger partial charge is 0.504 e. The highest BCUT2D eigenvalue weighted by Gasteiger charge is 2.26. The highest BCUT2D eigenvalue weighted by molar-refractivity contribution is 8.01. The van der Waals surface area contributed by atoms with Crippen LogP contribution in [0.3, 0.4) is 0 Å². The number of ether oxygens (including phenoxy) is 4. The summed E-state index contributed by atoms with van der Waals surface area (Å²) in [5.41, 5.74) is 3.95. The molecule has 0 saturated carbocycles. The molecule has 0 fully saturated rings. The van der Waals surface area contributed by atoms with Crippen LogP contribution in [0, 0.1) is 68.0 Å². The lowest BCUT2D eigenvalue weighted by molar-refractivity contribution is 0.197. The first kappa shape index (κ1) is 57.5. The summed E-state index contributed by atoms with van der Waals surface area (Å²) in [5.74, 6) is 0.547. The van der Waals surface area contributed by atoms with Gasteiger partial charge in [0.25, 0.3) is 0 Å². The van der Waals surface area contributed by atoms with E-state index in [0.29, 0.717) is 64.3 Å². The van der Waals surface area contributed by atoms with Gasteiger partial charge in [-0.3, -0.25) is 0 Å². The summed E-state index contributed by atoms with van der Waals surface area (Å²) in [4.78, 5) is 15.0. The Kier molecular flexibility index (Phi) is 19.3. The molecule has 0 aliphatic heterocycles. The molecule has 0 aliphatic rings. The number of benzene rings is 6. The second kappa shape index (κ2) is 26.2. The molecule has 0 radical (unpaired) electrons. The van der Waals surface area contributed by atoms with Crippen molar-refractivity contribution >= 4 is 99.9 Å². The lowest BCUT2D eigenvalue weighted by Gasteiger charge is -2.20. The first-order valence-electron chi connectivity index (χ1n) is 23.7. The van der Waals surface area contributed by atoms with Gasteiger partial charge in [0.2, 0.25) is 0 Å². The molecule has 3 aromatic heterocycles. The molecule has 0 atom stereocenters. The van der Waals surface area contributed by atoms with Gasteiger partial charge in [0.15, 0.2) is 47.5 Å². The fourth-order valence-electron chi connectivity index (χ4n) is 7.10. The zero-order valence-corrected chi connectivity index (χ0v) is 47.9. The Morgan fingerprint density at radius 2 is 0.731 bits per heavy atom. The Morgan fingerprint density at radius 3 is 1.03 bits per heavy atom. The third-order valence-corrected chi connectivity index (χ3v) is 16.8. The van der Waals surface area contributed by atoms with Crippen LogP contribution < -0.4 is 18.9 Å². The van der Waals surface area contributed by atoms with Crippen molar-refractivity contribution in [3.8, 4) is 70.9 Å². The van der Waals surface area contributed by atoms with Crippen LogP contribution in [0.25, 0.3) is 30.6 Å². The Bertz CT molecular complexity index is 3680. The molecule has 0 amide bonds. The van der Waals surface area contributed by atoms with Gasteiger partial charge in [-0.2, -0.15) is 31.6 Å². The van der Waals surface area contributed by atoms with Gasteiger partial charge < -0.3 is 29.2 Å². The Labute approximate surface area is 475 Å². The van der Waals surface area contributed by atoms with Gasteiger partial charge in [-0.15, -0.1) is 34.0 Å². The summed E-state index contributed by atoms with van der Waals surface area (Å²) in [6.45, 7) is 15.1. The van der Waals surface area contributed by atoms with E-state index in [-0.39, 0.29) is 35.5 Å². The maximum absolute atomic E-state index is 9.88. The van der Waals surface area contributed by atoms with E-state index in [0.717, 1.165) is 57.2 Å². The Morgan fingerprint density at radius 1 is 0.423 bits per heavy atom. The Hall–Kier alpha value is -8.22. The summed E-state index contributed by atoms with van der Waals surface area (Å²) in [6, 6.07) is 40.3. The van der Waals surface area contributed by atoms with Crippen LogP contribution >= 0.6 is 69.3 Å². The molecule has 9 aromatic rings. The molecular weight excluding hydrogens is 1100 g/mol. The molecule has 78 heavy (non-hydrogen) atoms. The molecule has 390 valence electrons. The second-order valence-corrected chi connectivity index (χ2v) is 24.3. The lowest BCUT2D eigenvalue weighted by Crippen LogP contribution is -2.13. The summed E-state index contributed by atoms with van der Waals surface area (Å²) in [6.07, 6.45) is -0.518. The van der Waals surface area contributed by atoms with Crippen molar-refractivity contribution in [2.75, 3.05) is 0 Å². The van der Waals surface area contributed by atoms with Gasteiger partial charge in [0.05, 0.1) is 86.4 Å². The molecule has 0 spiro atoms. The van der Waals surface area contributed by atoms with Gasteiger partial charge in [0.1, 0.15) is 53.1 Å². The molecule has 6 aromatic carbocycles. The summed E-state index contributed by atoms with van der Waals surface area (Å²) >= 11 is 8.23. The van der Waals surface area contributed by atoms with Crippen molar-refractivity contribution in [2.24, 2.45) is 0 Å². The van der Waals surface area contributed by atoms with Crippen LogP contribution in [0.4, 0.5) is 0 Å². The van der Waals surface area contributed by atoms with Crippen molar-refractivity contribution in [1.82, 2.24) is 15.0 Å². The number of nitriles is 6. The predicted octanol–water partition coefficient (Wildman–Crippen LogP) is 15.1. The van der Waals surface area contributed by atoms with Crippen molar-refractivity contribution in [2.45, 2.75) is 108 Å². The quantitative estimate of drug-likeness (QED) is 0.0959. The lowest BCUT2D eigenvalue weighted by atomic mass is 10.1. The van der Waals surface area contributed by atoms with Crippen LogP contribution in [0.1, 0.15) is 88.8 Å². The van der Waals surface area contributed by atoms with Gasteiger partial charge >= 0.3 is 0 Å². The van der Waals surface area contributed by atoms with E-state index in [1.165, 1.54) is 57.5 Å². The first-order chi connectivity index (χ1) is 37.5. The number of nitrogens with zero attached hydrogens (tertiary/aromatic N) is 9. The second-order valence-electron chi connectivity index (χ2n) is 17.4. The molecule has 0 unspecified atom stereocenters. The number of aromatic nitrogens is 3. The first-order valence-corrected chi connectivity index (χ1v) is 28.6. The third kappa shape index (κ3) is 13.7. The molecule has 15 nitrogen and oxygen atoms in total. The van der Waals surface area contributed by atoms with Crippen LogP contribution in [0.5, 0.6) is 34.5 Å². The third-order valence-electron chi connectivity index (χ3n) is 10.1. The average molecular weight is 1140 g/mol. The van der Waals surface area contributed by atoms with Gasteiger partial charge in [0, 0.05) is 18.2 Å². The van der Waals surface area contributed by atoms with Crippen LogP contribution in [-0.2, 0) is 0 Å². The number of fused-ring (bicyclic) bond motifs is 3. The fraction of sp³-hybridized carbons (Fsp3) is 0.211. The molecule has 9 rings (SSSR count). The van der Waals surface area contributed by atoms with E-state index in [2.05, 4.69) is 39.2 Å². The SMILES string of the molecule is CC(C)Oc1cc(C#N)c(Sc2nc3ccccc3s2)c(C#N)c1OC(C)C.CC(C)Oc1cc(C#N)c(Sc2nc3ccccc3s2)c(C#N)c1OC(C)C.N#Cc1cc(O)c(O)c(C#N)c1Sc1nc2ccccc2s1. The zero-order valence-electron chi connectivity index (χ0n) is 43.0. The number of thiazole rings is 3. The minimum absolute atomic E-state index is 0.115. The number of hydrogen-bond donors (Lipinski definition) is 2. The summed E-state index contributed by atoms with van der Waals surface area (Å²) in [5, 5.41) is 76.9. The van der Waals surface area contributed by atoms with E-state index in [1.54, 1.807) is 12.1 Å². The standard InChI is InChI=1S/2C21H19N3O2S2.C15H7N3O2S2/c2*1-12(2)25-17-9-14(10-22)20(15(11-23)19(17)26-13(3)4)28-21-24-16-7-5-6-8-18(16)27-21;16-6-8-5-11(19)13(20)9(7-17)14(8)22-15-18-10-3-1-2-4-12(10)21-15/h2*5-9,12-13H,1-4H3;1-5,19-20H. The normalized spacial score (nSPS) is 10.7. The van der Waals surface area contributed by atoms with E-state index in [4.69, 9.17) is 18.9 Å². The van der Waals surface area contributed by atoms with Gasteiger partial charge in [-0.05, 0) is 91.8 Å². The minimum atomic E-state index is -0.523. The number of para-hydroxylation sites is 3.